The molecule has 112 valence electrons. The second-order valence-corrected chi connectivity index (χ2v) is 7.41. The number of nitrogens with one attached hydrogen (secondary N) is 1. The molecule has 1 aliphatic rings. The van der Waals surface area contributed by atoms with Gasteiger partial charge in [-0.3, -0.25) is 4.79 Å². The van der Waals surface area contributed by atoms with Crippen LogP contribution in [0, 0.1) is 5.92 Å². The molecule has 5 nitrogen and oxygen atoms in total. The van der Waals surface area contributed by atoms with Gasteiger partial charge in [0, 0.05) is 11.9 Å². The number of aromatic nitrogens is 2. The van der Waals surface area contributed by atoms with E-state index in [9.17, 15) is 4.79 Å². The Morgan fingerprint density at radius 2 is 2.33 bits per heavy atom. The number of hydrogen-bond acceptors (Lipinski definition) is 6. The minimum absolute atomic E-state index is 0.0402. The van der Waals surface area contributed by atoms with Crippen molar-refractivity contribution in [1.82, 2.24) is 15.3 Å². The van der Waals surface area contributed by atoms with Crippen molar-refractivity contribution in [2.75, 3.05) is 18.5 Å². The maximum atomic E-state index is 11.3. The first kappa shape index (κ1) is 14.6. The molecule has 3 rings (SSSR count). The van der Waals surface area contributed by atoms with Crippen molar-refractivity contribution < 1.29 is 4.79 Å². The lowest BCUT2D eigenvalue weighted by Crippen LogP contribution is -2.19. The fourth-order valence-electron chi connectivity index (χ4n) is 2.62. The number of carbonyl (C=O) groups excluding carboxylic acids is 1. The summed E-state index contributed by atoms with van der Waals surface area (Å²) in [6.07, 6.45) is 3.37. The van der Waals surface area contributed by atoms with Gasteiger partial charge in [0.15, 0.2) is 5.16 Å². The number of hydrogen-bond donors (Lipinski definition) is 2. The second kappa shape index (κ2) is 5.81. The first-order valence-electron chi connectivity index (χ1n) is 6.99. The summed E-state index contributed by atoms with van der Waals surface area (Å²) >= 11 is 3.05. The highest BCUT2D eigenvalue weighted by molar-refractivity contribution is 7.99. The van der Waals surface area contributed by atoms with Crippen molar-refractivity contribution in [3.05, 3.63) is 10.4 Å². The highest BCUT2D eigenvalue weighted by Gasteiger charge is 2.23. The molecule has 3 N–H and O–H groups in total. The van der Waals surface area contributed by atoms with Crippen LogP contribution in [0.25, 0.3) is 10.2 Å². The average Bonchev–Trinajstić information content (AvgIpc) is 2.82. The van der Waals surface area contributed by atoms with Gasteiger partial charge in [0.1, 0.15) is 10.6 Å². The van der Waals surface area contributed by atoms with Crippen molar-refractivity contribution in [3.63, 3.8) is 0 Å². The molecule has 1 aliphatic carbocycles. The molecule has 1 atom stereocenters. The molecule has 2 aromatic rings. The Morgan fingerprint density at radius 3 is 3.10 bits per heavy atom. The Balaban J connectivity index is 1.95. The van der Waals surface area contributed by atoms with Crippen LogP contribution in [0.3, 0.4) is 0 Å². The summed E-state index contributed by atoms with van der Waals surface area (Å²) in [5.74, 6) is 1.54. The minimum atomic E-state index is -0.0402. The smallest absolute Gasteiger partial charge is 0.230 e. The normalized spacial score (nSPS) is 17.7. The molecule has 21 heavy (non-hydrogen) atoms. The van der Waals surface area contributed by atoms with Crippen molar-refractivity contribution in [1.29, 1.82) is 0 Å². The molecule has 1 amide bonds. The third kappa shape index (κ3) is 2.85. The van der Waals surface area contributed by atoms with E-state index in [1.54, 1.807) is 18.4 Å². The standard InChI is InChI=1S/C14H18N4OS2/c1-7-3-4-8-9(5-7)21-13-11(8)12(15)17-14(18-13)20-6-10(19)16-2/h7H,3-6H2,1-2H3,(H,16,19)(H2,15,17,18). The number of rotatable bonds is 3. The molecular weight excluding hydrogens is 304 g/mol. The lowest BCUT2D eigenvalue weighted by molar-refractivity contribution is -0.118. The number of anilines is 1. The molecule has 0 aromatic carbocycles. The van der Waals surface area contributed by atoms with Gasteiger partial charge in [0.25, 0.3) is 0 Å². The number of thiophene rings is 1. The Labute approximate surface area is 131 Å². The van der Waals surface area contributed by atoms with E-state index in [0.29, 0.717) is 16.7 Å². The van der Waals surface area contributed by atoms with Gasteiger partial charge >= 0.3 is 0 Å². The van der Waals surface area contributed by atoms with Crippen molar-refractivity contribution in [2.24, 2.45) is 5.92 Å². The van der Waals surface area contributed by atoms with E-state index in [-0.39, 0.29) is 5.91 Å². The van der Waals surface area contributed by atoms with Gasteiger partial charge in [-0.1, -0.05) is 18.7 Å². The molecule has 0 saturated carbocycles. The van der Waals surface area contributed by atoms with Crippen LogP contribution in [0.4, 0.5) is 5.82 Å². The SMILES string of the molecule is CNC(=O)CSc1nc(N)c2c3c(sc2n1)CC(C)CC3. The zero-order valence-corrected chi connectivity index (χ0v) is 13.7. The maximum absolute atomic E-state index is 11.3. The zero-order valence-electron chi connectivity index (χ0n) is 12.1. The minimum Gasteiger partial charge on any atom is -0.383 e. The van der Waals surface area contributed by atoms with Crippen molar-refractivity contribution in [2.45, 2.75) is 31.3 Å². The van der Waals surface area contributed by atoms with Gasteiger partial charge in [-0.15, -0.1) is 11.3 Å². The molecule has 1 unspecified atom stereocenters. The van der Waals surface area contributed by atoms with E-state index in [1.807, 2.05) is 0 Å². The van der Waals surface area contributed by atoms with Crippen molar-refractivity contribution >= 4 is 45.0 Å². The van der Waals surface area contributed by atoms with Gasteiger partial charge < -0.3 is 11.1 Å². The van der Waals surface area contributed by atoms with E-state index < -0.39 is 0 Å². The molecular formula is C14H18N4OS2. The van der Waals surface area contributed by atoms with Crippen LogP contribution >= 0.6 is 23.1 Å². The monoisotopic (exact) mass is 322 g/mol. The third-order valence-electron chi connectivity index (χ3n) is 3.77. The number of amides is 1. The number of fused-ring (bicyclic) bond motifs is 3. The molecule has 0 saturated heterocycles. The largest absolute Gasteiger partial charge is 0.383 e. The highest BCUT2D eigenvalue weighted by Crippen LogP contribution is 2.39. The van der Waals surface area contributed by atoms with Crippen molar-refractivity contribution in [3.8, 4) is 0 Å². The van der Waals surface area contributed by atoms with Gasteiger partial charge in [-0.2, -0.15) is 0 Å². The Hall–Kier alpha value is -1.34. The van der Waals surface area contributed by atoms with Crippen LogP contribution in [0.15, 0.2) is 5.16 Å². The van der Waals surface area contributed by atoms with E-state index in [4.69, 9.17) is 5.73 Å². The quantitative estimate of drug-likeness (QED) is 0.669. The predicted octanol–water partition coefficient (Wildman–Crippen LogP) is 2.24. The number of nitrogens with two attached hydrogens (primary N) is 1. The lowest BCUT2D eigenvalue weighted by Gasteiger charge is -2.17. The van der Waals surface area contributed by atoms with Crippen LogP contribution in [0.2, 0.25) is 0 Å². The highest BCUT2D eigenvalue weighted by atomic mass is 32.2. The first-order chi connectivity index (χ1) is 10.1. The topological polar surface area (TPSA) is 80.9 Å². The fraction of sp³-hybridized carbons (Fsp3) is 0.500. The summed E-state index contributed by atoms with van der Waals surface area (Å²) in [5.41, 5.74) is 7.48. The van der Waals surface area contributed by atoms with Gasteiger partial charge in [-0.05, 0) is 30.7 Å². The van der Waals surface area contributed by atoms with Gasteiger partial charge in [0.05, 0.1) is 11.1 Å². The fourth-order valence-corrected chi connectivity index (χ4v) is 4.79. The van der Waals surface area contributed by atoms with Gasteiger partial charge in [-0.25, -0.2) is 9.97 Å². The Kier molecular flexibility index (Phi) is 4.03. The van der Waals surface area contributed by atoms with Crippen LogP contribution in [0.5, 0.6) is 0 Å². The summed E-state index contributed by atoms with van der Waals surface area (Å²) in [7, 11) is 1.62. The molecule has 0 spiro atoms. The Bertz CT molecular complexity index is 698. The summed E-state index contributed by atoms with van der Waals surface area (Å²) in [6, 6.07) is 0. The average molecular weight is 322 g/mol. The molecule has 7 heteroatoms. The number of nitrogens with zero attached hydrogens (tertiary/aromatic N) is 2. The molecule has 0 aliphatic heterocycles. The summed E-state index contributed by atoms with van der Waals surface area (Å²) in [5, 5.41) is 4.20. The van der Waals surface area contributed by atoms with E-state index in [1.165, 1.54) is 28.6 Å². The summed E-state index contributed by atoms with van der Waals surface area (Å²) < 4.78 is 0. The number of nitrogen functional groups attached to an aromatic ring is 1. The Morgan fingerprint density at radius 1 is 1.52 bits per heavy atom. The molecule has 0 fully saturated rings. The first-order valence-corrected chi connectivity index (χ1v) is 8.79. The maximum Gasteiger partial charge on any atom is 0.230 e. The molecule has 2 aromatic heterocycles. The van der Waals surface area contributed by atoms with Crippen LogP contribution in [0.1, 0.15) is 23.8 Å². The van der Waals surface area contributed by atoms with Crippen LogP contribution < -0.4 is 11.1 Å². The third-order valence-corrected chi connectivity index (χ3v) is 5.77. The summed E-state index contributed by atoms with van der Waals surface area (Å²) in [4.78, 5) is 22.6. The molecule has 0 radical (unpaired) electrons. The molecule has 0 bridgehead atoms. The van der Waals surface area contributed by atoms with E-state index >= 15 is 0 Å². The number of carbonyl (C=O) groups is 1. The predicted molar refractivity (Wildman–Crippen MR) is 87.8 cm³/mol. The van der Waals surface area contributed by atoms with Crippen LogP contribution in [-0.4, -0.2) is 28.7 Å². The lowest BCUT2D eigenvalue weighted by atomic mass is 9.89. The van der Waals surface area contributed by atoms with Gasteiger partial charge in [0.2, 0.25) is 5.91 Å². The number of aryl methyl sites for hydroxylation is 1. The number of thioether (sulfide) groups is 1. The molecule has 2 heterocycles. The van der Waals surface area contributed by atoms with E-state index in [0.717, 1.165) is 29.0 Å². The zero-order chi connectivity index (χ0) is 15.0. The van der Waals surface area contributed by atoms with E-state index in [2.05, 4.69) is 22.2 Å². The summed E-state index contributed by atoms with van der Waals surface area (Å²) in [6.45, 7) is 2.28. The second-order valence-electron chi connectivity index (χ2n) is 5.39. The van der Waals surface area contributed by atoms with Crippen LogP contribution in [-0.2, 0) is 17.6 Å².